The second-order valence-corrected chi connectivity index (χ2v) is 7.67. The first-order chi connectivity index (χ1) is 13.0. The van der Waals surface area contributed by atoms with E-state index in [0.717, 1.165) is 21.8 Å². The molecule has 0 atom stereocenters. The van der Waals surface area contributed by atoms with Gasteiger partial charge in [0.2, 0.25) is 5.91 Å². The summed E-state index contributed by atoms with van der Waals surface area (Å²) in [4.78, 5) is 30.3. The van der Waals surface area contributed by atoms with E-state index in [1.807, 2.05) is 37.3 Å². The van der Waals surface area contributed by atoms with E-state index in [0.29, 0.717) is 31.1 Å². The molecule has 1 aromatic carbocycles. The second kappa shape index (κ2) is 8.54. The molecule has 1 fully saturated rings. The quantitative estimate of drug-likeness (QED) is 0.763. The number of aryl methyl sites for hydroxylation is 1. The van der Waals surface area contributed by atoms with Crippen LogP contribution in [0.15, 0.2) is 30.3 Å². The molecule has 27 heavy (non-hydrogen) atoms. The monoisotopic (exact) mass is 388 g/mol. The topological polar surface area (TPSA) is 59.1 Å². The average Bonchev–Trinajstić information content (AvgIpc) is 3.08. The van der Waals surface area contributed by atoms with Gasteiger partial charge in [0.1, 0.15) is 12.3 Å². The Hall–Kier alpha value is -2.38. The number of rotatable bonds is 6. The van der Waals surface area contributed by atoms with Gasteiger partial charge in [0.05, 0.1) is 18.6 Å². The maximum Gasteiger partial charge on any atom is 0.264 e. The lowest BCUT2D eigenvalue weighted by Gasteiger charge is -2.34. The third kappa shape index (κ3) is 4.31. The number of nitrogens with zero attached hydrogens (tertiary/aromatic N) is 2. The van der Waals surface area contributed by atoms with Crippen molar-refractivity contribution in [2.24, 2.45) is 0 Å². The molecule has 2 aromatic rings. The lowest BCUT2D eigenvalue weighted by molar-refractivity contribution is -0.135. The van der Waals surface area contributed by atoms with Gasteiger partial charge in [-0.05, 0) is 36.2 Å². The smallest absolute Gasteiger partial charge is 0.264 e. The second-order valence-electron chi connectivity index (χ2n) is 6.41. The largest absolute Gasteiger partial charge is 0.497 e. The van der Waals surface area contributed by atoms with Crippen molar-refractivity contribution in [2.75, 3.05) is 47.0 Å². The molecule has 0 spiro atoms. The Morgan fingerprint density at radius 2 is 1.93 bits per heavy atom. The highest BCUT2D eigenvalue weighted by molar-refractivity contribution is 7.14. The summed E-state index contributed by atoms with van der Waals surface area (Å²) in [5, 5.41) is 0. The number of thiophene rings is 1. The van der Waals surface area contributed by atoms with E-state index in [-0.39, 0.29) is 18.4 Å². The summed E-state index contributed by atoms with van der Waals surface area (Å²) >= 11 is 1.47. The van der Waals surface area contributed by atoms with Gasteiger partial charge in [0, 0.05) is 31.6 Å². The molecular formula is C20H24N2O4S. The van der Waals surface area contributed by atoms with Gasteiger partial charge in [-0.2, -0.15) is 0 Å². The molecule has 1 aromatic heterocycles. The number of ether oxygens (including phenoxy) is 2. The van der Waals surface area contributed by atoms with Gasteiger partial charge in [0.25, 0.3) is 5.91 Å². The maximum absolute atomic E-state index is 12.9. The number of carbonyl (C=O) groups excluding carboxylic acids is 2. The van der Waals surface area contributed by atoms with E-state index in [1.165, 1.54) is 11.3 Å². The predicted molar refractivity (Wildman–Crippen MR) is 105 cm³/mol. The molecule has 0 N–H and O–H groups in total. The molecule has 2 heterocycles. The first-order valence-electron chi connectivity index (χ1n) is 8.84. The Labute approximate surface area is 163 Å². The summed E-state index contributed by atoms with van der Waals surface area (Å²) in [6.45, 7) is 4.30. The molecule has 3 rings (SSSR count). The molecule has 0 unspecified atom stereocenters. The van der Waals surface area contributed by atoms with Crippen LogP contribution >= 0.6 is 11.3 Å². The molecule has 1 aliphatic rings. The van der Waals surface area contributed by atoms with Crippen molar-refractivity contribution < 1.29 is 19.1 Å². The summed E-state index contributed by atoms with van der Waals surface area (Å²) in [6.07, 6.45) is 0. The first kappa shape index (κ1) is 19.4. The fourth-order valence-electron chi connectivity index (χ4n) is 3.12. The maximum atomic E-state index is 12.9. The van der Waals surface area contributed by atoms with Gasteiger partial charge in [-0.25, -0.2) is 0 Å². The molecule has 144 valence electrons. The Bertz CT molecular complexity index is 816. The number of amides is 2. The minimum Gasteiger partial charge on any atom is -0.497 e. The number of hydrogen-bond donors (Lipinski definition) is 0. The van der Waals surface area contributed by atoms with Gasteiger partial charge in [-0.3, -0.25) is 9.59 Å². The van der Waals surface area contributed by atoms with Crippen LogP contribution in [0, 0.1) is 6.92 Å². The Morgan fingerprint density at radius 1 is 1.19 bits per heavy atom. The molecule has 1 saturated heterocycles. The van der Waals surface area contributed by atoms with Crippen LogP contribution in [0.4, 0.5) is 0 Å². The Balaban J connectivity index is 1.71. The molecule has 7 heteroatoms. The molecule has 0 radical (unpaired) electrons. The third-order valence-electron chi connectivity index (χ3n) is 4.70. The van der Waals surface area contributed by atoms with E-state index in [2.05, 4.69) is 0 Å². The van der Waals surface area contributed by atoms with Crippen molar-refractivity contribution in [1.82, 2.24) is 9.80 Å². The average molecular weight is 388 g/mol. The molecule has 6 nitrogen and oxygen atoms in total. The summed E-state index contributed by atoms with van der Waals surface area (Å²) < 4.78 is 10.2. The van der Waals surface area contributed by atoms with E-state index in [9.17, 15) is 9.59 Å². The van der Waals surface area contributed by atoms with Crippen LogP contribution in [-0.4, -0.2) is 68.6 Å². The summed E-state index contributed by atoms with van der Waals surface area (Å²) in [5.74, 6) is 0.686. The molecule has 1 aliphatic heterocycles. The highest BCUT2D eigenvalue weighted by Gasteiger charge is 2.28. The van der Waals surface area contributed by atoms with E-state index in [4.69, 9.17) is 9.47 Å². The van der Waals surface area contributed by atoms with Crippen LogP contribution in [0.25, 0.3) is 11.1 Å². The van der Waals surface area contributed by atoms with Crippen molar-refractivity contribution in [1.29, 1.82) is 0 Å². The molecule has 2 amide bonds. The first-order valence-corrected chi connectivity index (χ1v) is 9.66. The number of piperazine rings is 1. The van der Waals surface area contributed by atoms with E-state index < -0.39 is 0 Å². The van der Waals surface area contributed by atoms with Gasteiger partial charge < -0.3 is 19.3 Å². The lowest BCUT2D eigenvalue weighted by atomic mass is 10.1. The molecule has 0 saturated carbocycles. The minimum absolute atomic E-state index is 0.0321. The number of benzene rings is 1. The normalized spacial score (nSPS) is 14.6. The van der Waals surface area contributed by atoms with Crippen LogP contribution in [0.2, 0.25) is 0 Å². The number of hydrogen-bond acceptors (Lipinski definition) is 5. The van der Waals surface area contributed by atoms with Gasteiger partial charge in [0.15, 0.2) is 0 Å². The van der Waals surface area contributed by atoms with Gasteiger partial charge in [-0.1, -0.05) is 12.1 Å². The van der Waals surface area contributed by atoms with E-state index >= 15 is 0 Å². The Morgan fingerprint density at radius 3 is 2.56 bits per heavy atom. The van der Waals surface area contributed by atoms with Gasteiger partial charge >= 0.3 is 0 Å². The van der Waals surface area contributed by atoms with Crippen molar-refractivity contribution in [3.63, 3.8) is 0 Å². The highest BCUT2D eigenvalue weighted by atomic mass is 32.1. The fraction of sp³-hybridized carbons (Fsp3) is 0.400. The fourth-order valence-corrected chi connectivity index (χ4v) is 4.13. The zero-order chi connectivity index (χ0) is 19.4. The van der Waals surface area contributed by atoms with Crippen LogP contribution in [-0.2, 0) is 9.53 Å². The Kier molecular flexibility index (Phi) is 6.13. The highest BCUT2D eigenvalue weighted by Crippen LogP contribution is 2.32. The molecule has 0 bridgehead atoms. The lowest BCUT2D eigenvalue weighted by Crippen LogP contribution is -2.52. The molecular weight excluding hydrogens is 364 g/mol. The summed E-state index contributed by atoms with van der Waals surface area (Å²) in [7, 11) is 3.25. The number of methoxy groups -OCH3 is 2. The molecule has 0 aliphatic carbocycles. The van der Waals surface area contributed by atoms with Crippen LogP contribution < -0.4 is 4.74 Å². The number of carbonyl (C=O) groups is 2. The summed E-state index contributed by atoms with van der Waals surface area (Å²) in [6, 6.07) is 9.71. The minimum atomic E-state index is -0.0809. The zero-order valence-corrected chi connectivity index (χ0v) is 16.7. The van der Waals surface area contributed by atoms with Crippen molar-refractivity contribution in [2.45, 2.75) is 6.92 Å². The summed E-state index contributed by atoms with van der Waals surface area (Å²) in [5.41, 5.74) is 2.08. The van der Waals surface area contributed by atoms with Crippen LogP contribution in [0.5, 0.6) is 5.75 Å². The van der Waals surface area contributed by atoms with Crippen molar-refractivity contribution in [3.8, 4) is 16.9 Å². The third-order valence-corrected chi connectivity index (χ3v) is 5.74. The van der Waals surface area contributed by atoms with Crippen molar-refractivity contribution >= 4 is 23.2 Å². The van der Waals surface area contributed by atoms with Gasteiger partial charge in [-0.15, -0.1) is 11.3 Å². The van der Waals surface area contributed by atoms with Crippen LogP contribution in [0.1, 0.15) is 14.5 Å². The van der Waals surface area contributed by atoms with E-state index in [1.54, 1.807) is 24.0 Å². The SMILES string of the molecule is COCCN1CCN(C(=O)c2cc(-c3ccc(OC)cc3)c(C)s2)CC1=O. The van der Waals surface area contributed by atoms with Crippen LogP contribution in [0.3, 0.4) is 0 Å². The zero-order valence-electron chi connectivity index (χ0n) is 15.9. The standard InChI is InChI=1S/C20H24N2O4S/c1-14-17(15-4-6-16(26-3)7-5-15)12-18(27-14)20(24)22-9-8-21(10-11-25-2)19(23)13-22/h4-7,12H,8-11,13H2,1-3H3. The predicted octanol–water partition coefficient (Wildman–Crippen LogP) is 2.66. The van der Waals surface area contributed by atoms with Crippen molar-refractivity contribution in [3.05, 3.63) is 40.1 Å².